The van der Waals surface area contributed by atoms with Gasteiger partial charge in [0.1, 0.15) is 0 Å². The lowest BCUT2D eigenvalue weighted by Crippen LogP contribution is -2.35. The van der Waals surface area contributed by atoms with Gasteiger partial charge in [-0.1, -0.05) is 27.7 Å². The molecule has 3 aliphatic rings. The molecule has 0 unspecified atom stereocenters. The second-order valence-corrected chi connectivity index (χ2v) is 8.35. The Hall–Kier alpha value is -0.370. The molecule has 2 saturated carbocycles. The van der Waals surface area contributed by atoms with Crippen LogP contribution in [0.15, 0.2) is 4.99 Å². The van der Waals surface area contributed by atoms with Crippen molar-refractivity contribution in [1.29, 1.82) is 0 Å². The van der Waals surface area contributed by atoms with Crippen molar-refractivity contribution in [1.82, 2.24) is 4.90 Å². The minimum Gasteiger partial charge on any atom is -0.301 e. The molecule has 0 aromatic heterocycles. The van der Waals surface area contributed by atoms with E-state index in [-0.39, 0.29) is 0 Å². The van der Waals surface area contributed by atoms with E-state index in [4.69, 9.17) is 4.99 Å². The summed E-state index contributed by atoms with van der Waals surface area (Å²) in [5.74, 6) is 1.82. The molecule has 0 aromatic carbocycles. The molecule has 0 amide bonds. The lowest BCUT2D eigenvalue weighted by atomic mass is 9.70. The molecule has 3 fully saturated rings. The predicted octanol–water partition coefficient (Wildman–Crippen LogP) is 4.01. The molecule has 2 bridgehead atoms. The summed E-state index contributed by atoms with van der Waals surface area (Å²) >= 11 is 0. The Morgan fingerprint density at radius 1 is 1.15 bits per heavy atom. The Morgan fingerprint density at radius 3 is 2.40 bits per heavy atom. The molecule has 2 atom stereocenters. The molecule has 0 spiro atoms. The van der Waals surface area contributed by atoms with Crippen LogP contribution in [0.5, 0.6) is 0 Å². The average Bonchev–Trinajstić information content (AvgIpc) is 2.74. The SMILES string of the molecule is CC1CCN(CCN=C2C[C@H]3CC[C@]2(C)C3(C)C)CC1. The highest BCUT2D eigenvalue weighted by molar-refractivity contribution is 5.94. The first-order chi connectivity index (χ1) is 9.43. The summed E-state index contributed by atoms with van der Waals surface area (Å²) in [7, 11) is 0. The molecule has 1 aliphatic heterocycles. The topological polar surface area (TPSA) is 15.6 Å². The third kappa shape index (κ3) is 2.24. The normalized spacial score (nSPS) is 39.8. The van der Waals surface area contributed by atoms with Crippen LogP contribution in [0.4, 0.5) is 0 Å². The van der Waals surface area contributed by atoms with E-state index in [2.05, 4.69) is 32.6 Å². The second kappa shape index (κ2) is 5.12. The monoisotopic (exact) mass is 276 g/mol. The fraction of sp³-hybridized carbons (Fsp3) is 0.944. The molecular formula is C18H32N2. The Kier molecular flexibility index (Phi) is 3.73. The van der Waals surface area contributed by atoms with Gasteiger partial charge in [0.25, 0.3) is 0 Å². The maximum absolute atomic E-state index is 5.06. The first kappa shape index (κ1) is 14.6. The largest absolute Gasteiger partial charge is 0.301 e. The Morgan fingerprint density at radius 2 is 1.85 bits per heavy atom. The third-order valence-corrected chi connectivity index (χ3v) is 7.11. The van der Waals surface area contributed by atoms with Crippen molar-refractivity contribution in [3.63, 3.8) is 0 Å². The molecule has 1 saturated heterocycles. The maximum atomic E-state index is 5.06. The van der Waals surface area contributed by atoms with E-state index >= 15 is 0 Å². The van der Waals surface area contributed by atoms with Crippen molar-refractivity contribution < 1.29 is 0 Å². The van der Waals surface area contributed by atoms with E-state index in [0.29, 0.717) is 10.8 Å². The van der Waals surface area contributed by atoms with Gasteiger partial charge in [-0.25, -0.2) is 0 Å². The van der Waals surface area contributed by atoms with Gasteiger partial charge < -0.3 is 4.90 Å². The molecule has 2 aliphatic carbocycles. The zero-order valence-electron chi connectivity index (χ0n) is 13.9. The standard InChI is InChI=1S/C18H32N2/c1-14-6-10-20(11-7-14)12-9-19-16-13-15-5-8-18(16,4)17(15,2)3/h14-15H,5-13H2,1-4H3/t15-,18+/m1/s1. The van der Waals surface area contributed by atoms with Crippen LogP contribution in [-0.4, -0.2) is 36.8 Å². The fourth-order valence-corrected chi connectivity index (χ4v) is 4.78. The highest BCUT2D eigenvalue weighted by atomic mass is 15.1. The molecule has 2 heteroatoms. The summed E-state index contributed by atoms with van der Waals surface area (Å²) in [5.41, 5.74) is 2.42. The Bertz CT molecular complexity index is 390. The maximum Gasteiger partial charge on any atom is 0.0516 e. The average molecular weight is 276 g/mol. The number of piperidine rings is 1. The number of aliphatic imine (C=N–C) groups is 1. The van der Waals surface area contributed by atoms with Crippen LogP contribution in [0.25, 0.3) is 0 Å². The second-order valence-electron chi connectivity index (χ2n) is 8.35. The van der Waals surface area contributed by atoms with Crippen LogP contribution < -0.4 is 0 Å². The van der Waals surface area contributed by atoms with Crippen LogP contribution in [0, 0.1) is 22.7 Å². The number of nitrogens with zero attached hydrogens (tertiary/aromatic N) is 2. The van der Waals surface area contributed by atoms with Crippen molar-refractivity contribution in [2.45, 2.75) is 59.8 Å². The van der Waals surface area contributed by atoms with Gasteiger partial charge in [-0.15, -0.1) is 0 Å². The molecular weight excluding hydrogens is 244 g/mol. The van der Waals surface area contributed by atoms with E-state index in [1.54, 1.807) is 5.71 Å². The third-order valence-electron chi connectivity index (χ3n) is 7.11. The van der Waals surface area contributed by atoms with Gasteiger partial charge in [0.15, 0.2) is 0 Å². The first-order valence-corrected chi connectivity index (χ1v) is 8.69. The fourth-order valence-electron chi connectivity index (χ4n) is 4.78. The van der Waals surface area contributed by atoms with Crippen molar-refractivity contribution in [2.24, 2.45) is 27.7 Å². The lowest BCUT2D eigenvalue weighted by molar-refractivity contribution is 0.192. The summed E-state index contributed by atoms with van der Waals surface area (Å²) in [6.45, 7) is 14.6. The Balaban J connectivity index is 1.56. The molecule has 2 nitrogen and oxygen atoms in total. The van der Waals surface area contributed by atoms with E-state index < -0.39 is 0 Å². The van der Waals surface area contributed by atoms with Gasteiger partial charge in [0.05, 0.1) is 6.54 Å². The summed E-state index contributed by atoms with van der Waals surface area (Å²) in [6.07, 6.45) is 6.82. The minimum atomic E-state index is 0.397. The molecule has 20 heavy (non-hydrogen) atoms. The summed E-state index contributed by atoms with van der Waals surface area (Å²) in [5, 5.41) is 0. The van der Waals surface area contributed by atoms with E-state index in [9.17, 15) is 0 Å². The van der Waals surface area contributed by atoms with E-state index in [1.165, 1.54) is 51.7 Å². The van der Waals surface area contributed by atoms with Crippen LogP contribution in [0.2, 0.25) is 0 Å². The molecule has 0 aromatic rings. The van der Waals surface area contributed by atoms with Crippen LogP contribution in [-0.2, 0) is 0 Å². The van der Waals surface area contributed by atoms with Gasteiger partial charge in [0.2, 0.25) is 0 Å². The van der Waals surface area contributed by atoms with Crippen molar-refractivity contribution in [2.75, 3.05) is 26.2 Å². The quantitative estimate of drug-likeness (QED) is 0.760. The highest BCUT2D eigenvalue weighted by Crippen LogP contribution is 2.63. The van der Waals surface area contributed by atoms with Gasteiger partial charge >= 0.3 is 0 Å². The Labute approximate surface area is 125 Å². The van der Waals surface area contributed by atoms with Gasteiger partial charge in [-0.3, -0.25) is 4.99 Å². The minimum absolute atomic E-state index is 0.397. The van der Waals surface area contributed by atoms with Crippen molar-refractivity contribution >= 4 is 5.71 Å². The smallest absolute Gasteiger partial charge is 0.0516 e. The van der Waals surface area contributed by atoms with Gasteiger partial charge in [0, 0.05) is 17.7 Å². The van der Waals surface area contributed by atoms with Crippen LogP contribution >= 0.6 is 0 Å². The number of hydrogen-bond acceptors (Lipinski definition) is 2. The van der Waals surface area contributed by atoms with Gasteiger partial charge in [-0.05, 0) is 62.4 Å². The molecule has 0 radical (unpaired) electrons. The van der Waals surface area contributed by atoms with Crippen molar-refractivity contribution in [3.8, 4) is 0 Å². The number of likely N-dealkylation sites (tertiary alicyclic amines) is 1. The van der Waals surface area contributed by atoms with Crippen LogP contribution in [0.1, 0.15) is 59.8 Å². The van der Waals surface area contributed by atoms with E-state index in [1.807, 2.05) is 0 Å². The molecule has 1 heterocycles. The number of rotatable bonds is 3. The lowest BCUT2D eigenvalue weighted by Gasteiger charge is -2.35. The van der Waals surface area contributed by atoms with E-state index in [0.717, 1.165) is 18.4 Å². The van der Waals surface area contributed by atoms with Crippen LogP contribution in [0.3, 0.4) is 0 Å². The molecule has 0 N–H and O–H groups in total. The number of fused-ring (bicyclic) bond motifs is 2. The number of hydrogen-bond donors (Lipinski definition) is 0. The molecule has 3 rings (SSSR count). The molecule has 114 valence electrons. The zero-order valence-corrected chi connectivity index (χ0v) is 13.9. The van der Waals surface area contributed by atoms with Gasteiger partial charge in [-0.2, -0.15) is 0 Å². The predicted molar refractivity (Wildman–Crippen MR) is 86.4 cm³/mol. The summed E-state index contributed by atoms with van der Waals surface area (Å²) < 4.78 is 0. The highest BCUT2D eigenvalue weighted by Gasteiger charge is 2.59. The van der Waals surface area contributed by atoms with Crippen molar-refractivity contribution in [3.05, 3.63) is 0 Å². The zero-order chi connectivity index (χ0) is 14.4. The summed E-state index contributed by atoms with van der Waals surface area (Å²) in [6, 6.07) is 0. The first-order valence-electron chi connectivity index (χ1n) is 8.69. The summed E-state index contributed by atoms with van der Waals surface area (Å²) in [4.78, 5) is 7.68.